The molecule has 0 bridgehead atoms. The predicted molar refractivity (Wildman–Crippen MR) is 111 cm³/mol. The number of carbonyl (C=O) groups excluding carboxylic acids is 1. The SMILES string of the molecule is COc1cc(C)c(S(=O)(=O)Nc2ccc(N3CCCC3=O)cc2)cc1C(C)C. The van der Waals surface area contributed by atoms with Crippen LogP contribution in [0.2, 0.25) is 0 Å². The Balaban J connectivity index is 1.88. The first-order chi connectivity index (χ1) is 13.2. The van der Waals surface area contributed by atoms with Crippen molar-refractivity contribution in [3.05, 3.63) is 47.5 Å². The first-order valence-electron chi connectivity index (χ1n) is 9.34. The molecule has 3 rings (SSSR count). The molecule has 1 aliphatic rings. The van der Waals surface area contributed by atoms with E-state index in [1.165, 1.54) is 0 Å². The zero-order valence-electron chi connectivity index (χ0n) is 16.7. The Bertz CT molecular complexity index is 982. The van der Waals surface area contributed by atoms with Crippen molar-refractivity contribution in [3.63, 3.8) is 0 Å². The molecule has 28 heavy (non-hydrogen) atoms. The molecule has 1 fully saturated rings. The number of hydrogen-bond donors (Lipinski definition) is 1. The second kappa shape index (κ2) is 7.83. The summed E-state index contributed by atoms with van der Waals surface area (Å²) >= 11 is 0. The van der Waals surface area contributed by atoms with E-state index in [9.17, 15) is 13.2 Å². The standard InChI is InChI=1S/C21H26N2O4S/c1-14(2)18-13-20(15(3)12-19(18)27-4)28(25,26)22-16-7-9-17(10-8-16)23-11-5-6-21(23)24/h7-10,12-14,22H,5-6,11H2,1-4H3. The molecule has 1 amide bonds. The first-order valence-corrected chi connectivity index (χ1v) is 10.8. The van der Waals surface area contributed by atoms with Gasteiger partial charge in [-0.15, -0.1) is 0 Å². The minimum absolute atomic E-state index is 0.100. The van der Waals surface area contributed by atoms with Crippen molar-refractivity contribution in [1.29, 1.82) is 0 Å². The molecule has 0 saturated carbocycles. The average molecular weight is 403 g/mol. The summed E-state index contributed by atoms with van der Waals surface area (Å²) in [5.74, 6) is 0.913. The lowest BCUT2D eigenvalue weighted by molar-refractivity contribution is -0.117. The first kappa shape index (κ1) is 20.2. The van der Waals surface area contributed by atoms with Crippen molar-refractivity contribution < 1.29 is 17.9 Å². The van der Waals surface area contributed by atoms with E-state index in [1.54, 1.807) is 55.3 Å². The number of carbonyl (C=O) groups is 1. The van der Waals surface area contributed by atoms with Gasteiger partial charge in [-0.1, -0.05) is 13.8 Å². The number of methoxy groups -OCH3 is 1. The van der Waals surface area contributed by atoms with Crippen LogP contribution in [0.3, 0.4) is 0 Å². The summed E-state index contributed by atoms with van der Waals surface area (Å²) in [5, 5.41) is 0. The van der Waals surface area contributed by atoms with Crippen LogP contribution in [0.15, 0.2) is 41.3 Å². The fourth-order valence-electron chi connectivity index (χ4n) is 3.44. The van der Waals surface area contributed by atoms with Crippen LogP contribution < -0.4 is 14.4 Å². The number of amides is 1. The molecule has 0 aromatic heterocycles. The molecule has 1 aliphatic heterocycles. The number of benzene rings is 2. The summed E-state index contributed by atoms with van der Waals surface area (Å²) in [6, 6.07) is 10.3. The van der Waals surface area contributed by atoms with Crippen LogP contribution in [0.4, 0.5) is 11.4 Å². The van der Waals surface area contributed by atoms with E-state index in [0.29, 0.717) is 30.0 Å². The van der Waals surface area contributed by atoms with Crippen LogP contribution in [0, 0.1) is 6.92 Å². The Labute approximate surface area is 166 Å². The largest absolute Gasteiger partial charge is 0.496 e. The molecule has 0 aliphatic carbocycles. The van der Waals surface area contributed by atoms with Gasteiger partial charge >= 0.3 is 0 Å². The molecule has 0 unspecified atom stereocenters. The second-order valence-electron chi connectivity index (χ2n) is 7.32. The van der Waals surface area contributed by atoms with Gasteiger partial charge in [-0.25, -0.2) is 8.42 Å². The van der Waals surface area contributed by atoms with Crippen LogP contribution in [0.25, 0.3) is 0 Å². The van der Waals surface area contributed by atoms with Gasteiger partial charge in [0.1, 0.15) is 5.75 Å². The minimum Gasteiger partial charge on any atom is -0.496 e. The fourth-order valence-corrected chi connectivity index (χ4v) is 4.76. The maximum Gasteiger partial charge on any atom is 0.262 e. The third-order valence-corrected chi connectivity index (χ3v) is 6.47. The van der Waals surface area contributed by atoms with Crippen molar-refractivity contribution >= 4 is 27.3 Å². The lowest BCUT2D eigenvalue weighted by Gasteiger charge is -2.18. The van der Waals surface area contributed by atoms with Crippen LogP contribution in [-0.2, 0) is 14.8 Å². The molecule has 0 radical (unpaired) electrons. The molecule has 6 nitrogen and oxygen atoms in total. The van der Waals surface area contributed by atoms with Gasteiger partial charge in [0, 0.05) is 24.3 Å². The summed E-state index contributed by atoms with van der Waals surface area (Å²) in [5.41, 5.74) is 2.70. The van der Waals surface area contributed by atoms with E-state index in [-0.39, 0.29) is 16.7 Å². The molecule has 0 atom stereocenters. The highest BCUT2D eigenvalue weighted by Gasteiger charge is 2.23. The molecule has 2 aromatic carbocycles. The second-order valence-corrected chi connectivity index (χ2v) is 8.97. The van der Waals surface area contributed by atoms with Crippen molar-refractivity contribution in [2.45, 2.75) is 44.4 Å². The molecule has 0 spiro atoms. The zero-order chi connectivity index (χ0) is 20.5. The Morgan fingerprint density at radius 1 is 1.14 bits per heavy atom. The van der Waals surface area contributed by atoms with Gasteiger partial charge in [0.05, 0.1) is 12.0 Å². The summed E-state index contributed by atoms with van der Waals surface area (Å²) in [4.78, 5) is 13.8. The smallest absolute Gasteiger partial charge is 0.262 e. The van der Waals surface area contributed by atoms with Crippen molar-refractivity contribution in [3.8, 4) is 5.75 Å². The van der Waals surface area contributed by atoms with Crippen molar-refractivity contribution in [2.24, 2.45) is 0 Å². The van der Waals surface area contributed by atoms with Gasteiger partial charge in [-0.3, -0.25) is 9.52 Å². The lowest BCUT2D eigenvalue weighted by atomic mass is 10.0. The topological polar surface area (TPSA) is 75.7 Å². The Morgan fingerprint density at radius 3 is 2.36 bits per heavy atom. The summed E-state index contributed by atoms with van der Waals surface area (Å²) in [7, 11) is -2.17. The van der Waals surface area contributed by atoms with Crippen LogP contribution in [0.5, 0.6) is 5.75 Å². The van der Waals surface area contributed by atoms with E-state index in [1.807, 2.05) is 13.8 Å². The number of rotatable bonds is 6. The number of nitrogens with zero attached hydrogens (tertiary/aromatic N) is 1. The summed E-state index contributed by atoms with van der Waals surface area (Å²) < 4.78 is 34.0. The van der Waals surface area contributed by atoms with Gasteiger partial charge in [0.2, 0.25) is 5.91 Å². The monoisotopic (exact) mass is 402 g/mol. The lowest BCUT2D eigenvalue weighted by Crippen LogP contribution is -2.23. The van der Waals surface area contributed by atoms with E-state index in [0.717, 1.165) is 17.7 Å². The van der Waals surface area contributed by atoms with Crippen LogP contribution in [0.1, 0.15) is 43.7 Å². The van der Waals surface area contributed by atoms with E-state index in [2.05, 4.69) is 4.72 Å². The van der Waals surface area contributed by atoms with E-state index in [4.69, 9.17) is 4.74 Å². The van der Waals surface area contributed by atoms with Gasteiger partial charge in [-0.2, -0.15) is 0 Å². The van der Waals surface area contributed by atoms with Crippen LogP contribution >= 0.6 is 0 Å². The van der Waals surface area contributed by atoms with Crippen molar-refractivity contribution in [2.75, 3.05) is 23.3 Å². The minimum atomic E-state index is -3.75. The molecule has 2 aromatic rings. The Morgan fingerprint density at radius 2 is 1.82 bits per heavy atom. The van der Waals surface area contributed by atoms with Crippen molar-refractivity contribution in [1.82, 2.24) is 0 Å². The maximum absolute atomic E-state index is 13.0. The molecule has 150 valence electrons. The van der Waals surface area contributed by atoms with Gasteiger partial charge < -0.3 is 9.64 Å². The fraction of sp³-hybridized carbons (Fsp3) is 0.381. The van der Waals surface area contributed by atoms with Gasteiger partial charge in [0.25, 0.3) is 10.0 Å². The van der Waals surface area contributed by atoms with E-state index >= 15 is 0 Å². The Hall–Kier alpha value is -2.54. The highest BCUT2D eigenvalue weighted by molar-refractivity contribution is 7.92. The molecular weight excluding hydrogens is 376 g/mol. The number of anilines is 2. The van der Waals surface area contributed by atoms with Gasteiger partial charge in [0.15, 0.2) is 0 Å². The summed E-state index contributed by atoms with van der Waals surface area (Å²) in [6.45, 7) is 6.45. The molecule has 1 saturated heterocycles. The molecular formula is C21H26N2O4S. The molecule has 1 N–H and O–H groups in total. The predicted octanol–water partition coefficient (Wildman–Crippen LogP) is 4.05. The Kier molecular flexibility index (Phi) is 5.65. The number of sulfonamides is 1. The maximum atomic E-state index is 13.0. The summed E-state index contributed by atoms with van der Waals surface area (Å²) in [6.07, 6.45) is 1.41. The highest BCUT2D eigenvalue weighted by atomic mass is 32.2. The highest BCUT2D eigenvalue weighted by Crippen LogP contribution is 2.32. The number of aryl methyl sites for hydroxylation is 1. The third-order valence-electron chi connectivity index (χ3n) is 4.94. The quantitative estimate of drug-likeness (QED) is 0.791. The average Bonchev–Trinajstić information content (AvgIpc) is 3.07. The van der Waals surface area contributed by atoms with Crippen LogP contribution in [-0.4, -0.2) is 28.0 Å². The number of hydrogen-bond acceptors (Lipinski definition) is 4. The van der Waals surface area contributed by atoms with E-state index < -0.39 is 10.0 Å². The number of ether oxygens (including phenoxy) is 1. The molecule has 1 heterocycles. The number of nitrogens with one attached hydrogen (secondary N) is 1. The zero-order valence-corrected chi connectivity index (χ0v) is 17.5. The normalized spacial score (nSPS) is 14.6. The molecule has 7 heteroatoms. The third kappa shape index (κ3) is 3.99. The van der Waals surface area contributed by atoms with Gasteiger partial charge in [-0.05, 0) is 66.8 Å².